The summed E-state index contributed by atoms with van der Waals surface area (Å²) in [4.78, 5) is 10.0. The smallest absolute Gasteiger partial charge is 0.269 e. The van der Waals surface area contributed by atoms with Crippen LogP contribution in [-0.4, -0.2) is 28.1 Å². The molecule has 0 saturated heterocycles. The highest BCUT2D eigenvalue weighted by atomic mass is 16.5. The molecule has 0 bridgehead atoms. The second kappa shape index (κ2) is 16.5. The monoisotopic (exact) mass is 951 g/mol. The van der Waals surface area contributed by atoms with E-state index in [0.29, 0.717) is 34.0 Å². The minimum absolute atomic E-state index is 0.114. The van der Waals surface area contributed by atoms with Crippen LogP contribution in [0.4, 0.5) is 0 Å². The van der Waals surface area contributed by atoms with Gasteiger partial charge < -0.3 is 4.74 Å². The molecule has 8 heteroatoms. The van der Waals surface area contributed by atoms with Crippen molar-refractivity contribution in [2.24, 2.45) is 0 Å². The molecule has 0 aliphatic rings. The first-order valence-corrected chi connectivity index (χ1v) is 23.9. The van der Waals surface area contributed by atoms with Gasteiger partial charge in [-0.1, -0.05) is 154 Å². The molecule has 0 radical (unpaired) electrons. The van der Waals surface area contributed by atoms with Gasteiger partial charge in [-0.15, -0.1) is 0 Å². The van der Waals surface area contributed by atoms with Crippen LogP contribution in [0.25, 0.3) is 106 Å². The van der Waals surface area contributed by atoms with E-state index in [2.05, 4.69) is 71.0 Å². The lowest BCUT2D eigenvalue weighted by Crippen LogP contribution is -2.31. The van der Waals surface area contributed by atoms with Crippen LogP contribution in [0.15, 0.2) is 230 Å². The number of benzene rings is 9. The maximum absolute atomic E-state index is 9.26. The van der Waals surface area contributed by atoms with Gasteiger partial charge in [0, 0.05) is 28.7 Å². The van der Waals surface area contributed by atoms with Crippen LogP contribution in [0.3, 0.4) is 0 Å². The highest BCUT2D eigenvalue weighted by Crippen LogP contribution is 2.39. The molecule has 0 spiro atoms. The lowest BCUT2D eigenvalue weighted by atomic mass is 9.88. The summed E-state index contributed by atoms with van der Waals surface area (Å²) in [5.41, 5.74) is 8.96. The Balaban J connectivity index is 1.02. The van der Waals surface area contributed by atoms with Crippen LogP contribution in [-0.2, 0) is 5.41 Å². The number of rotatable bonds is 8. The van der Waals surface area contributed by atoms with Gasteiger partial charge in [-0.3, -0.25) is 22.7 Å². The van der Waals surface area contributed by atoms with Crippen molar-refractivity contribution in [3.05, 3.63) is 242 Å². The number of nitrogens with zero attached hydrogens (tertiary/aromatic N) is 7. The molecule has 9 aromatic carbocycles. The number of para-hydroxylation sites is 6. The predicted octanol–water partition coefficient (Wildman–Crippen LogP) is 15.4. The summed E-state index contributed by atoms with van der Waals surface area (Å²) in [7, 11) is 0. The minimum Gasteiger partial charge on any atom is -0.458 e. The topological polar surface area (TPSA) is 58.1 Å². The maximum atomic E-state index is 9.26. The molecular formula is C65H47N7O. The van der Waals surface area contributed by atoms with E-state index < -0.39 is 60.4 Å². The molecule has 14 rings (SSSR count). The quantitative estimate of drug-likeness (QED) is 0.113. The molecule has 5 aromatic heterocycles. The predicted molar refractivity (Wildman–Crippen MR) is 295 cm³/mol. The number of aromatic nitrogens is 7. The first kappa shape index (κ1) is 33.1. The summed E-state index contributed by atoms with van der Waals surface area (Å²) in [6.07, 6.45) is 5.42. The third kappa shape index (κ3) is 6.94. The summed E-state index contributed by atoms with van der Waals surface area (Å²) in [5.74, 6) is 2.50. The molecule has 0 unspecified atom stereocenters. The molecule has 0 amide bonds. The van der Waals surface area contributed by atoms with Crippen molar-refractivity contribution in [3.63, 3.8) is 0 Å². The van der Waals surface area contributed by atoms with Crippen molar-refractivity contribution in [1.82, 2.24) is 28.1 Å². The van der Waals surface area contributed by atoms with Crippen molar-refractivity contribution in [2.75, 3.05) is 0 Å². The third-order valence-corrected chi connectivity index (χ3v) is 13.6. The van der Waals surface area contributed by atoms with E-state index in [1.165, 1.54) is 0 Å². The fourth-order valence-electron chi connectivity index (χ4n) is 10.2. The molecule has 0 saturated carbocycles. The summed E-state index contributed by atoms with van der Waals surface area (Å²) in [6.45, 7) is 6.54. The van der Waals surface area contributed by atoms with Gasteiger partial charge in [-0.25, -0.2) is 9.97 Å². The van der Waals surface area contributed by atoms with Crippen LogP contribution < -0.4 is 9.30 Å². The van der Waals surface area contributed by atoms with E-state index in [0.717, 1.165) is 60.9 Å². The maximum Gasteiger partial charge on any atom is 0.269 e. The number of hydrogen-bond donors (Lipinski definition) is 0. The average molecular weight is 952 g/mol. The van der Waals surface area contributed by atoms with Gasteiger partial charge in [-0.2, -0.15) is 0 Å². The Morgan fingerprint density at radius 2 is 1.21 bits per heavy atom. The molecule has 73 heavy (non-hydrogen) atoms. The Labute approximate surface area is 435 Å². The Bertz CT molecular complexity index is 4940. The van der Waals surface area contributed by atoms with Crippen molar-refractivity contribution in [2.45, 2.75) is 26.2 Å². The second-order valence-electron chi connectivity index (χ2n) is 19.0. The molecule has 14 aromatic rings. The highest BCUT2D eigenvalue weighted by molar-refractivity contribution is 6.09. The van der Waals surface area contributed by atoms with E-state index in [4.69, 9.17) is 22.9 Å². The Hall–Kier alpha value is -9.53. The van der Waals surface area contributed by atoms with Crippen LogP contribution in [0.1, 0.15) is 40.0 Å². The van der Waals surface area contributed by atoms with E-state index in [1.807, 2.05) is 126 Å². The van der Waals surface area contributed by atoms with Crippen molar-refractivity contribution < 1.29 is 23.0 Å². The number of fused-ring (bicyclic) bond motifs is 9. The summed E-state index contributed by atoms with van der Waals surface area (Å²) < 4.78 is 106. The van der Waals surface area contributed by atoms with Crippen molar-refractivity contribution >= 4 is 60.7 Å². The van der Waals surface area contributed by atoms with Crippen LogP contribution in [0.5, 0.6) is 11.5 Å². The Morgan fingerprint density at radius 1 is 0.534 bits per heavy atom. The number of imidazole rings is 3. The Kier molecular flexibility index (Phi) is 7.50. The highest BCUT2D eigenvalue weighted by Gasteiger charge is 2.24. The van der Waals surface area contributed by atoms with Gasteiger partial charge in [0.15, 0.2) is 0 Å². The zero-order valence-electron chi connectivity index (χ0n) is 49.7. The van der Waals surface area contributed by atoms with Crippen LogP contribution >= 0.6 is 0 Å². The van der Waals surface area contributed by atoms with Gasteiger partial charge in [0.1, 0.15) is 17.3 Å². The molecule has 0 N–H and O–H groups in total. The SMILES string of the molecule is [2H]c1c([2H])c([2H])c(-c2cccc(-c3c([2H])c([2H])c([2H])c([2H])c3[2H])c2-[n+]2[c-]n(-c3cccc(Oc4ccc5c6ccccc6n(-c6cc(C(C)(C)C)ccn6)c5c4)c3)c3cc(-n4c5ccccc5n5c6ccccc6nc45)ccc32)c([2H])c1[2H]. The lowest BCUT2D eigenvalue weighted by molar-refractivity contribution is -0.571. The fourth-order valence-corrected chi connectivity index (χ4v) is 10.2. The number of hydrogen-bond acceptors (Lipinski definition) is 3. The van der Waals surface area contributed by atoms with Gasteiger partial charge >= 0.3 is 0 Å². The van der Waals surface area contributed by atoms with Crippen molar-refractivity contribution in [1.29, 1.82) is 0 Å². The fraction of sp³-hybridized carbons (Fsp3) is 0.0615. The number of ether oxygens (including phenoxy) is 1. The van der Waals surface area contributed by atoms with Crippen molar-refractivity contribution in [3.8, 4) is 56.6 Å². The molecule has 5 heterocycles. The van der Waals surface area contributed by atoms with E-state index in [-0.39, 0.29) is 33.4 Å². The van der Waals surface area contributed by atoms with Gasteiger partial charge in [-0.05, 0) is 118 Å². The van der Waals surface area contributed by atoms with E-state index in [1.54, 1.807) is 22.8 Å². The summed E-state index contributed by atoms with van der Waals surface area (Å²) >= 11 is 0. The second-order valence-corrected chi connectivity index (χ2v) is 19.0. The number of pyridine rings is 1. The summed E-state index contributed by atoms with van der Waals surface area (Å²) in [5, 5.41) is 2.10. The molecular weight excluding hydrogens is 895 g/mol. The average Bonchev–Trinajstić information content (AvgIpc) is 4.37. The Morgan fingerprint density at radius 3 is 1.97 bits per heavy atom. The minimum atomic E-state index is -0.584. The van der Waals surface area contributed by atoms with Gasteiger partial charge in [0.25, 0.3) is 6.33 Å². The molecule has 348 valence electrons. The largest absolute Gasteiger partial charge is 0.458 e. The zero-order valence-corrected chi connectivity index (χ0v) is 39.7. The normalized spacial score (nSPS) is 14.0. The standard InChI is InChI=1S/C65H47N7O/c1-65(2,3)45-36-37-66-62(38-45)71-55-28-12-10-24-52(55)53-34-33-49(41-60(53)71)73-48-23-16-22-46(39-48)68-42-69(63-50(43-18-6-4-7-19-43)25-17-26-51(63)44-20-8-5-9-21-44)57-35-32-47(40-61(57)68)70-58-30-14-15-31-59(58)72-56-29-13-11-27-54(56)67-64(70)72/h4-41H,1-3H3/i4D,5D,6D,7D,8D,9D,18D,19D,20D,21D. The molecule has 8 nitrogen and oxygen atoms in total. The molecule has 0 atom stereocenters. The lowest BCUT2D eigenvalue weighted by Gasteiger charge is -2.20. The molecule has 0 aliphatic carbocycles. The van der Waals surface area contributed by atoms with Crippen LogP contribution in [0.2, 0.25) is 0 Å². The van der Waals surface area contributed by atoms with Gasteiger partial charge in [0.2, 0.25) is 5.78 Å². The summed E-state index contributed by atoms with van der Waals surface area (Å²) in [6, 6.07) is 47.2. The van der Waals surface area contributed by atoms with E-state index >= 15 is 0 Å². The molecule has 0 fully saturated rings. The first-order chi connectivity index (χ1) is 40.0. The third-order valence-electron chi connectivity index (χ3n) is 13.6. The zero-order chi connectivity index (χ0) is 57.5. The van der Waals surface area contributed by atoms with Gasteiger partial charge in [0.05, 0.1) is 69.2 Å². The van der Waals surface area contributed by atoms with Crippen LogP contribution in [0, 0.1) is 6.33 Å². The molecule has 0 aliphatic heterocycles. The first-order valence-electron chi connectivity index (χ1n) is 28.9. The van der Waals surface area contributed by atoms with E-state index in [9.17, 15) is 5.48 Å².